The largest absolute Gasteiger partial charge is 0.493 e. The Morgan fingerprint density at radius 2 is 1.71 bits per heavy atom. The van der Waals surface area contributed by atoms with Crippen molar-refractivity contribution in [1.29, 1.82) is 0 Å². The van der Waals surface area contributed by atoms with Crippen LogP contribution in [0, 0.1) is 11.6 Å². The molecule has 0 aliphatic carbocycles. The number of rotatable bonds is 6. The fourth-order valence-electron chi connectivity index (χ4n) is 1.97. The van der Waals surface area contributed by atoms with E-state index in [-0.39, 0.29) is 5.75 Å². The summed E-state index contributed by atoms with van der Waals surface area (Å²) in [5.74, 6) is -1.42. The molecular formula is C17H17F2NO4. The SMILES string of the molecule is COc1ccc(NC(=O)[C@@H](C)Oc2ccc(F)c(F)c2)cc1OC. The zero-order valence-corrected chi connectivity index (χ0v) is 13.4. The van der Waals surface area contributed by atoms with Crippen LogP contribution in [0.3, 0.4) is 0 Å². The molecule has 0 unspecified atom stereocenters. The van der Waals surface area contributed by atoms with Crippen molar-refractivity contribution in [3.05, 3.63) is 48.0 Å². The number of carbonyl (C=O) groups excluding carboxylic acids is 1. The van der Waals surface area contributed by atoms with Crippen LogP contribution in [0.5, 0.6) is 17.2 Å². The van der Waals surface area contributed by atoms with Gasteiger partial charge >= 0.3 is 0 Å². The van der Waals surface area contributed by atoms with E-state index in [9.17, 15) is 13.6 Å². The first-order chi connectivity index (χ1) is 11.4. The number of amides is 1. The first kappa shape index (κ1) is 17.5. The number of halogens is 2. The highest BCUT2D eigenvalue weighted by molar-refractivity contribution is 5.94. The summed E-state index contributed by atoms with van der Waals surface area (Å²) < 4.78 is 41.6. The standard InChI is InChI=1S/C17H17F2NO4/c1-10(24-12-5-6-13(18)14(19)9-12)17(21)20-11-4-7-15(22-2)16(8-11)23-3/h4-10H,1-3H3,(H,20,21)/t10-/m1/s1. The van der Waals surface area contributed by atoms with Crippen molar-refractivity contribution in [3.63, 3.8) is 0 Å². The lowest BCUT2D eigenvalue weighted by atomic mass is 10.2. The van der Waals surface area contributed by atoms with Gasteiger partial charge in [0, 0.05) is 17.8 Å². The summed E-state index contributed by atoms with van der Waals surface area (Å²) in [5, 5.41) is 2.65. The van der Waals surface area contributed by atoms with Crippen LogP contribution in [0.25, 0.3) is 0 Å². The molecule has 0 radical (unpaired) electrons. The van der Waals surface area contributed by atoms with Crippen molar-refractivity contribution in [3.8, 4) is 17.2 Å². The van der Waals surface area contributed by atoms with Gasteiger partial charge in [0.15, 0.2) is 29.2 Å². The second-order valence-corrected chi connectivity index (χ2v) is 4.90. The molecule has 2 aromatic carbocycles. The Labute approximate surface area is 138 Å². The fourth-order valence-corrected chi connectivity index (χ4v) is 1.97. The quantitative estimate of drug-likeness (QED) is 0.878. The third-order valence-electron chi connectivity index (χ3n) is 3.22. The normalized spacial score (nSPS) is 11.5. The van der Waals surface area contributed by atoms with Crippen LogP contribution in [0.1, 0.15) is 6.92 Å². The molecule has 7 heteroatoms. The van der Waals surface area contributed by atoms with Crippen LogP contribution >= 0.6 is 0 Å². The fraction of sp³-hybridized carbons (Fsp3) is 0.235. The molecule has 1 atom stereocenters. The van der Waals surface area contributed by atoms with Crippen LogP contribution in [0.2, 0.25) is 0 Å². The number of methoxy groups -OCH3 is 2. The number of carbonyl (C=O) groups is 1. The lowest BCUT2D eigenvalue weighted by molar-refractivity contribution is -0.122. The molecule has 24 heavy (non-hydrogen) atoms. The molecule has 2 rings (SSSR count). The Kier molecular flexibility index (Phi) is 5.57. The van der Waals surface area contributed by atoms with Gasteiger partial charge in [-0.2, -0.15) is 0 Å². The molecule has 0 spiro atoms. The highest BCUT2D eigenvalue weighted by Crippen LogP contribution is 2.29. The van der Waals surface area contributed by atoms with Gasteiger partial charge in [-0.25, -0.2) is 8.78 Å². The number of hydrogen-bond donors (Lipinski definition) is 1. The third-order valence-corrected chi connectivity index (χ3v) is 3.22. The van der Waals surface area contributed by atoms with Crippen molar-refractivity contribution >= 4 is 11.6 Å². The van der Waals surface area contributed by atoms with Crippen LogP contribution in [0.4, 0.5) is 14.5 Å². The van der Waals surface area contributed by atoms with Crippen molar-refractivity contribution in [2.24, 2.45) is 0 Å². The van der Waals surface area contributed by atoms with Crippen LogP contribution in [0.15, 0.2) is 36.4 Å². The minimum absolute atomic E-state index is 0.0591. The van der Waals surface area contributed by atoms with Gasteiger partial charge in [0.2, 0.25) is 0 Å². The van der Waals surface area contributed by atoms with Gasteiger partial charge in [0.25, 0.3) is 5.91 Å². The molecular weight excluding hydrogens is 320 g/mol. The molecule has 0 aliphatic rings. The minimum atomic E-state index is -1.04. The van der Waals surface area contributed by atoms with E-state index in [1.807, 2.05) is 0 Å². The minimum Gasteiger partial charge on any atom is -0.493 e. The summed E-state index contributed by atoms with van der Waals surface area (Å²) in [5.41, 5.74) is 0.485. The summed E-state index contributed by atoms with van der Waals surface area (Å²) in [6.07, 6.45) is -0.914. The molecule has 0 saturated heterocycles. The second-order valence-electron chi connectivity index (χ2n) is 4.90. The molecule has 2 aromatic rings. The molecule has 0 heterocycles. The Balaban J connectivity index is 2.04. The monoisotopic (exact) mass is 337 g/mol. The van der Waals surface area contributed by atoms with Crippen molar-refractivity contribution in [2.45, 2.75) is 13.0 Å². The highest BCUT2D eigenvalue weighted by atomic mass is 19.2. The Morgan fingerprint density at radius 3 is 2.33 bits per heavy atom. The van der Waals surface area contributed by atoms with E-state index >= 15 is 0 Å². The summed E-state index contributed by atoms with van der Waals surface area (Å²) in [6.45, 7) is 1.50. The predicted molar refractivity (Wildman–Crippen MR) is 84.6 cm³/mol. The summed E-state index contributed by atoms with van der Waals surface area (Å²) >= 11 is 0. The maximum atomic E-state index is 13.2. The van der Waals surface area contributed by atoms with E-state index < -0.39 is 23.6 Å². The number of ether oxygens (including phenoxy) is 3. The zero-order valence-electron chi connectivity index (χ0n) is 13.4. The van der Waals surface area contributed by atoms with Gasteiger partial charge in [-0.15, -0.1) is 0 Å². The van der Waals surface area contributed by atoms with Crippen LogP contribution < -0.4 is 19.5 Å². The summed E-state index contributed by atoms with van der Waals surface area (Å²) in [4.78, 5) is 12.1. The van der Waals surface area contributed by atoms with E-state index in [1.165, 1.54) is 27.2 Å². The van der Waals surface area contributed by atoms with E-state index in [4.69, 9.17) is 14.2 Å². The Bertz CT molecular complexity index is 737. The zero-order chi connectivity index (χ0) is 17.7. The predicted octanol–water partition coefficient (Wildman–Crippen LogP) is 3.39. The van der Waals surface area contributed by atoms with Gasteiger partial charge in [-0.05, 0) is 31.2 Å². The first-order valence-electron chi connectivity index (χ1n) is 7.09. The van der Waals surface area contributed by atoms with Crippen LogP contribution in [-0.4, -0.2) is 26.2 Å². The number of nitrogens with one attached hydrogen (secondary N) is 1. The maximum absolute atomic E-state index is 13.2. The van der Waals surface area contributed by atoms with Crippen LogP contribution in [-0.2, 0) is 4.79 Å². The lowest BCUT2D eigenvalue weighted by Crippen LogP contribution is -2.30. The number of benzene rings is 2. The molecule has 0 bridgehead atoms. The van der Waals surface area contributed by atoms with Crippen molar-refractivity contribution in [1.82, 2.24) is 0 Å². The highest BCUT2D eigenvalue weighted by Gasteiger charge is 2.16. The Morgan fingerprint density at radius 1 is 1.00 bits per heavy atom. The van der Waals surface area contributed by atoms with Crippen molar-refractivity contribution < 1.29 is 27.8 Å². The summed E-state index contributed by atoms with van der Waals surface area (Å²) in [7, 11) is 2.99. The van der Waals surface area contributed by atoms with Gasteiger partial charge in [-0.3, -0.25) is 4.79 Å². The number of anilines is 1. The molecule has 0 saturated carbocycles. The summed E-state index contributed by atoms with van der Waals surface area (Å²) in [6, 6.07) is 7.96. The van der Waals surface area contributed by atoms with E-state index in [0.717, 1.165) is 12.1 Å². The molecule has 5 nitrogen and oxygen atoms in total. The van der Waals surface area contributed by atoms with Gasteiger partial charge in [-0.1, -0.05) is 0 Å². The third kappa shape index (κ3) is 4.13. The first-order valence-corrected chi connectivity index (χ1v) is 7.09. The molecule has 1 amide bonds. The smallest absolute Gasteiger partial charge is 0.265 e. The molecule has 0 fully saturated rings. The second kappa shape index (κ2) is 7.63. The molecule has 0 aromatic heterocycles. The number of hydrogen-bond acceptors (Lipinski definition) is 4. The lowest BCUT2D eigenvalue weighted by Gasteiger charge is -2.16. The Hall–Kier alpha value is -2.83. The average Bonchev–Trinajstić information content (AvgIpc) is 2.57. The van der Waals surface area contributed by atoms with Gasteiger partial charge in [0.1, 0.15) is 5.75 Å². The maximum Gasteiger partial charge on any atom is 0.265 e. The van der Waals surface area contributed by atoms with E-state index in [1.54, 1.807) is 18.2 Å². The van der Waals surface area contributed by atoms with Gasteiger partial charge < -0.3 is 19.5 Å². The van der Waals surface area contributed by atoms with Crippen molar-refractivity contribution in [2.75, 3.05) is 19.5 Å². The van der Waals surface area contributed by atoms with E-state index in [2.05, 4.69) is 5.32 Å². The molecule has 1 N–H and O–H groups in total. The molecule has 0 aliphatic heterocycles. The molecule has 128 valence electrons. The van der Waals surface area contributed by atoms with Gasteiger partial charge in [0.05, 0.1) is 14.2 Å². The van der Waals surface area contributed by atoms with E-state index in [0.29, 0.717) is 17.2 Å². The topological polar surface area (TPSA) is 56.8 Å². The average molecular weight is 337 g/mol.